The molecule has 0 saturated carbocycles. The lowest BCUT2D eigenvalue weighted by Crippen LogP contribution is -2.48. The maximum Gasteiger partial charge on any atom is 0.263 e. The number of morpholine rings is 1. The highest BCUT2D eigenvalue weighted by Crippen LogP contribution is 2.24. The third-order valence-electron chi connectivity index (χ3n) is 5.65. The van der Waals surface area contributed by atoms with Crippen LogP contribution in [0.25, 0.3) is 0 Å². The van der Waals surface area contributed by atoms with Crippen LogP contribution in [-0.4, -0.2) is 69.4 Å². The predicted molar refractivity (Wildman–Crippen MR) is 139 cm³/mol. The molecule has 202 valence electrons. The number of benzene rings is 2. The van der Waals surface area contributed by atoms with Crippen LogP contribution in [0.2, 0.25) is 0 Å². The Morgan fingerprint density at radius 1 is 0.921 bits per heavy atom. The molecule has 2 N–H and O–H groups in total. The summed E-state index contributed by atoms with van der Waals surface area (Å²) in [5, 5.41) is 2.67. The summed E-state index contributed by atoms with van der Waals surface area (Å²) in [6, 6.07) is 11.1. The minimum Gasteiger partial charge on any atom is -0.478 e. The number of nitrogens with one attached hydrogen (secondary N) is 2. The molecule has 2 heterocycles. The van der Waals surface area contributed by atoms with Crippen molar-refractivity contribution in [2.24, 2.45) is 0 Å². The standard InChI is InChI=1S/C24H27N5O7S2/c1-16-14-29(15-17(2)36-16)38(33,34)21-8-4-18(5-9-21)23(30)27-19-6-10-20(11-7-19)37(31,32)28-22-24(35-3)26-13-12-25-22/h4-13,16-17H,14-15H2,1-3H3,(H,25,28)(H,27,30). The van der Waals surface area contributed by atoms with E-state index in [-0.39, 0.29) is 52.3 Å². The Bertz CT molecular complexity index is 1500. The lowest BCUT2D eigenvalue weighted by molar-refractivity contribution is -0.0440. The fourth-order valence-corrected chi connectivity index (χ4v) is 6.50. The molecule has 0 bridgehead atoms. The number of methoxy groups -OCH3 is 1. The molecule has 0 spiro atoms. The first-order valence-electron chi connectivity index (χ1n) is 11.5. The number of hydrogen-bond donors (Lipinski definition) is 2. The highest BCUT2D eigenvalue weighted by Gasteiger charge is 2.32. The summed E-state index contributed by atoms with van der Waals surface area (Å²) in [6.07, 6.45) is 2.26. The number of carbonyl (C=O) groups excluding carboxylic acids is 1. The Balaban J connectivity index is 1.42. The molecule has 1 aliphatic rings. The van der Waals surface area contributed by atoms with Gasteiger partial charge in [-0.25, -0.2) is 26.8 Å². The van der Waals surface area contributed by atoms with E-state index < -0.39 is 26.0 Å². The van der Waals surface area contributed by atoms with E-state index in [1.807, 2.05) is 13.8 Å². The fourth-order valence-electron chi connectivity index (χ4n) is 3.91. The summed E-state index contributed by atoms with van der Waals surface area (Å²) in [6.45, 7) is 4.14. The first kappa shape index (κ1) is 27.4. The molecule has 1 amide bonds. The fraction of sp³-hybridized carbons (Fsp3) is 0.292. The van der Waals surface area contributed by atoms with E-state index in [4.69, 9.17) is 9.47 Å². The molecule has 14 heteroatoms. The van der Waals surface area contributed by atoms with Crippen molar-refractivity contribution < 1.29 is 31.1 Å². The van der Waals surface area contributed by atoms with Gasteiger partial charge in [-0.15, -0.1) is 0 Å². The molecule has 4 rings (SSSR count). The molecule has 0 aliphatic carbocycles. The molecule has 2 atom stereocenters. The van der Waals surface area contributed by atoms with E-state index in [2.05, 4.69) is 20.0 Å². The first-order valence-corrected chi connectivity index (χ1v) is 14.5. The van der Waals surface area contributed by atoms with Crippen LogP contribution >= 0.6 is 0 Å². The summed E-state index contributed by atoms with van der Waals surface area (Å²) in [4.78, 5) is 20.5. The zero-order valence-electron chi connectivity index (χ0n) is 20.9. The zero-order chi connectivity index (χ0) is 27.5. The average Bonchev–Trinajstić information content (AvgIpc) is 2.88. The summed E-state index contributed by atoms with van der Waals surface area (Å²) in [7, 11) is -6.38. The molecule has 2 aromatic carbocycles. The van der Waals surface area contributed by atoms with Crippen LogP contribution in [0.1, 0.15) is 24.2 Å². The minimum atomic E-state index is -3.99. The van der Waals surface area contributed by atoms with Gasteiger partial charge in [-0.05, 0) is 62.4 Å². The number of anilines is 2. The summed E-state index contributed by atoms with van der Waals surface area (Å²) >= 11 is 0. The van der Waals surface area contributed by atoms with Crippen LogP contribution in [0.3, 0.4) is 0 Å². The van der Waals surface area contributed by atoms with Crippen LogP contribution in [0.15, 0.2) is 70.7 Å². The van der Waals surface area contributed by atoms with E-state index in [9.17, 15) is 21.6 Å². The molecule has 0 radical (unpaired) electrons. The maximum absolute atomic E-state index is 13.0. The number of aromatic nitrogens is 2. The number of ether oxygens (including phenoxy) is 2. The van der Waals surface area contributed by atoms with Gasteiger partial charge in [0.25, 0.3) is 21.8 Å². The van der Waals surface area contributed by atoms with Gasteiger partial charge in [0.15, 0.2) is 0 Å². The summed E-state index contributed by atoms with van der Waals surface area (Å²) in [5.41, 5.74) is 0.583. The normalized spacial score (nSPS) is 18.5. The third kappa shape index (κ3) is 6.10. The van der Waals surface area contributed by atoms with Crippen molar-refractivity contribution in [2.75, 3.05) is 30.2 Å². The van der Waals surface area contributed by atoms with E-state index in [1.54, 1.807) is 0 Å². The Hall–Kier alpha value is -3.59. The lowest BCUT2D eigenvalue weighted by atomic mass is 10.2. The molecule has 2 unspecified atom stereocenters. The number of amides is 1. The van der Waals surface area contributed by atoms with Gasteiger partial charge in [-0.2, -0.15) is 4.31 Å². The second kappa shape index (κ2) is 11.0. The third-order valence-corrected chi connectivity index (χ3v) is 8.85. The van der Waals surface area contributed by atoms with E-state index in [0.717, 1.165) is 0 Å². The Morgan fingerprint density at radius 2 is 1.50 bits per heavy atom. The number of hydrogen-bond acceptors (Lipinski definition) is 9. The van der Waals surface area contributed by atoms with Gasteiger partial charge in [-0.1, -0.05) is 0 Å². The van der Waals surface area contributed by atoms with Gasteiger partial charge in [0.05, 0.1) is 29.1 Å². The van der Waals surface area contributed by atoms with Crippen molar-refractivity contribution in [3.8, 4) is 5.88 Å². The van der Waals surface area contributed by atoms with Gasteiger partial charge in [0.2, 0.25) is 15.8 Å². The van der Waals surface area contributed by atoms with Crippen molar-refractivity contribution in [2.45, 2.75) is 35.8 Å². The molecule has 1 aromatic heterocycles. The predicted octanol–water partition coefficient (Wildman–Crippen LogP) is 2.34. The topological polar surface area (TPSA) is 157 Å². The molecular weight excluding hydrogens is 534 g/mol. The van der Waals surface area contributed by atoms with Gasteiger partial charge in [0, 0.05) is 36.7 Å². The summed E-state index contributed by atoms with van der Waals surface area (Å²) < 4.78 is 65.8. The monoisotopic (exact) mass is 561 g/mol. The number of sulfonamides is 2. The number of carbonyl (C=O) groups is 1. The van der Waals surface area contributed by atoms with Gasteiger partial charge in [0.1, 0.15) is 0 Å². The van der Waals surface area contributed by atoms with Crippen LogP contribution < -0.4 is 14.8 Å². The molecule has 38 heavy (non-hydrogen) atoms. The molecule has 1 saturated heterocycles. The second-order valence-electron chi connectivity index (χ2n) is 8.60. The van der Waals surface area contributed by atoms with Crippen molar-refractivity contribution in [3.63, 3.8) is 0 Å². The van der Waals surface area contributed by atoms with E-state index in [1.165, 1.54) is 72.3 Å². The SMILES string of the molecule is COc1nccnc1NS(=O)(=O)c1ccc(NC(=O)c2ccc(S(=O)(=O)N3CC(C)OC(C)C3)cc2)cc1. The Labute approximate surface area is 221 Å². The van der Waals surface area contributed by atoms with E-state index in [0.29, 0.717) is 5.69 Å². The van der Waals surface area contributed by atoms with Crippen LogP contribution in [0, 0.1) is 0 Å². The van der Waals surface area contributed by atoms with Crippen LogP contribution in [0.4, 0.5) is 11.5 Å². The number of nitrogens with zero attached hydrogens (tertiary/aromatic N) is 3. The van der Waals surface area contributed by atoms with Crippen molar-refractivity contribution >= 4 is 37.5 Å². The highest BCUT2D eigenvalue weighted by atomic mass is 32.2. The smallest absolute Gasteiger partial charge is 0.263 e. The van der Waals surface area contributed by atoms with Gasteiger partial charge >= 0.3 is 0 Å². The van der Waals surface area contributed by atoms with Crippen LogP contribution in [-0.2, 0) is 24.8 Å². The highest BCUT2D eigenvalue weighted by molar-refractivity contribution is 7.92. The van der Waals surface area contributed by atoms with Crippen molar-refractivity contribution in [1.29, 1.82) is 0 Å². The quantitative estimate of drug-likeness (QED) is 0.421. The van der Waals surface area contributed by atoms with Crippen molar-refractivity contribution in [3.05, 3.63) is 66.5 Å². The van der Waals surface area contributed by atoms with Crippen LogP contribution in [0.5, 0.6) is 5.88 Å². The molecular formula is C24H27N5O7S2. The summed E-state index contributed by atoms with van der Waals surface area (Å²) in [5.74, 6) is -0.524. The maximum atomic E-state index is 13.0. The van der Waals surface area contributed by atoms with Gasteiger partial charge < -0.3 is 14.8 Å². The molecule has 1 fully saturated rings. The Morgan fingerprint density at radius 3 is 2.11 bits per heavy atom. The van der Waals surface area contributed by atoms with Crippen molar-refractivity contribution in [1.82, 2.24) is 14.3 Å². The first-order chi connectivity index (χ1) is 18.0. The molecule has 12 nitrogen and oxygen atoms in total. The molecule has 1 aliphatic heterocycles. The molecule has 3 aromatic rings. The zero-order valence-corrected chi connectivity index (χ0v) is 22.5. The second-order valence-corrected chi connectivity index (χ2v) is 12.2. The Kier molecular flexibility index (Phi) is 7.97. The van der Waals surface area contributed by atoms with E-state index >= 15 is 0 Å². The van der Waals surface area contributed by atoms with Gasteiger partial charge in [-0.3, -0.25) is 9.52 Å². The number of rotatable bonds is 8. The lowest BCUT2D eigenvalue weighted by Gasteiger charge is -2.34. The minimum absolute atomic E-state index is 0.0211. The average molecular weight is 562 g/mol. The largest absolute Gasteiger partial charge is 0.478 e.